The fourth-order valence-electron chi connectivity index (χ4n) is 2.64. The zero-order valence-corrected chi connectivity index (χ0v) is 16.4. The summed E-state index contributed by atoms with van der Waals surface area (Å²) in [7, 11) is 0. The van der Waals surface area contributed by atoms with Gasteiger partial charge in [0.1, 0.15) is 38.9 Å². The number of pyridine rings is 1. The minimum atomic E-state index is -1.13. The summed E-state index contributed by atoms with van der Waals surface area (Å²) in [5, 5.41) is 3.51. The number of aromatic nitrogens is 3. The molecule has 1 unspecified atom stereocenters. The molecule has 4 heterocycles. The van der Waals surface area contributed by atoms with Gasteiger partial charge in [-0.3, -0.25) is 0 Å². The summed E-state index contributed by atoms with van der Waals surface area (Å²) in [6.07, 6.45) is 6.59. The Morgan fingerprint density at radius 2 is 2.19 bits per heavy atom. The van der Waals surface area contributed by atoms with Gasteiger partial charge < -0.3 is 14.7 Å². The summed E-state index contributed by atoms with van der Waals surface area (Å²) in [5.41, 5.74) is 9.16. The lowest BCUT2D eigenvalue weighted by atomic mass is 10.1. The number of nitrogens with zero attached hydrogens (tertiary/aromatic N) is 3. The number of thiophene rings is 1. The molecule has 1 atom stereocenters. The Bertz CT molecular complexity index is 1010. The first kappa shape index (κ1) is 17.5. The van der Waals surface area contributed by atoms with E-state index in [1.54, 1.807) is 12.5 Å². The second-order valence-electron chi connectivity index (χ2n) is 5.65. The zero-order valence-electron chi connectivity index (χ0n) is 14.0. The molecule has 0 spiro atoms. The molecule has 2 N–H and O–H groups in total. The largest absolute Gasteiger partial charge is 0.611 e. The van der Waals surface area contributed by atoms with Crippen LogP contribution in [0.4, 0.5) is 5.69 Å². The molecule has 0 saturated carbocycles. The van der Waals surface area contributed by atoms with E-state index in [0.717, 1.165) is 39.3 Å². The SMILES string of the molecule is CCCC[S+]([O-])c1sc2nc(-c3nccs3)cc(-c3cocn3)c2c1N. The van der Waals surface area contributed by atoms with Gasteiger partial charge in [-0.05, 0) is 23.7 Å². The maximum atomic E-state index is 12.7. The van der Waals surface area contributed by atoms with Crippen LogP contribution in [0.5, 0.6) is 0 Å². The first-order valence-electron chi connectivity index (χ1n) is 8.08. The molecule has 0 radical (unpaired) electrons. The maximum absolute atomic E-state index is 12.7. The molecule has 26 heavy (non-hydrogen) atoms. The van der Waals surface area contributed by atoms with Gasteiger partial charge in [0.2, 0.25) is 4.21 Å². The summed E-state index contributed by atoms with van der Waals surface area (Å²) in [6, 6.07) is 1.92. The van der Waals surface area contributed by atoms with E-state index < -0.39 is 11.2 Å². The van der Waals surface area contributed by atoms with Crippen molar-refractivity contribution in [3.63, 3.8) is 0 Å². The molecule has 0 aliphatic carbocycles. The molecule has 0 fully saturated rings. The lowest BCUT2D eigenvalue weighted by molar-refractivity contribution is 0.558. The zero-order chi connectivity index (χ0) is 18.1. The van der Waals surface area contributed by atoms with Crippen LogP contribution in [0.1, 0.15) is 19.8 Å². The van der Waals surface area contributed by atoms with E-state index in [4.69, 9.17) is 15.1 Å². The molecule has 134 valence electrons. The average molecular weight is 405 g/mol. The minimum Gasteiger partial charge on any atom is -0.611 e. The summed E-state index contributed by atoms with van der Waals surface area (Å²) in [5.74, 6) is 0.603. The highest BCUT2D eigenvalue weighted by molar-refractivity contribution is 7.93. The Balaban J connectivity index is 1.92. The number of thiazole rings is 1. The van der Waals surface area contributed by atoms with Gasteiger partial charge in [0.15, 0.2) is 6.39 Å². The number of hydrogen-bond acceptors (Lipinski definition) is 8. The van der Waals surface area contributed by atoms with Gasteiger partial charge in [-0.1, -0.05) is 24.7 Å². The number of nitrogen functional groups attached to an aromatic ring is 1. The van der Waals surface area contributed by atoms with Gasteiger partial charge in [0.25, 0.3) is 0 Å². The van der Waals surface area contributed by atoms with E-state index in [0.29, 0.717) is 21.3 Å². The van der Waals surface area contributed by atoms with Gasteiger partial charge in [-0.15, -0.1) is 11.3 Å². The summed E-state index contributed by atoms with van der Waals surface area (Å²) in [6.45, 7) is 2.08. The first-order valence-corrected chi connectivity index (χ1v) is 11.1. The third kappa shape index (κ3) is 3.11. The lowest BCUT2D eigenvalue weighted by Gasteiger charge is -2.08. The molecule has 0 aliphatic rings. The number of nitrogens with two attached hydrogens (primary N) is 1. The third-order valence-corrected chi connectivity index (χ3v) is 7.70. The van der Waals surface area contributed by atoms with Crippen LogP contribution in [-0.4, -0.2) is 25.3 Å². The molecule has 9 heteroatoms. The molecule has 0 amide bonds. The van der Waals surface area contributed by atoms with Crippen molar-refractivity contribution in [1.29, 1.82) is 0 Å². The summed E-state index contributed by atoms with van der Waals surface area (Å²) < 4.78 is 18.5. The molecule has 4 aromatic heterocycles. The van der Waals surface area contributed by atoms with E-state index in [2.05, 4.69) is 16.9 Å². The van der Waals surface area contributed by atoms with E-state index in [9.17, 15) is 4.55 Å². The highest BCUT2D eigenvalue weighted by Gasteiger charge is 2.25. The van der Waals surface area contributed by atoms with E-state index in [-0.39, 0.29) is 0 Å². The first-order chi connectivity index (χ1) is 12.7. The van der Waals surface area contributed by atoms with Crippen molar-refractivity contribution in [1.82, 2.24) is 15.0 Å². The fraction of sp³-hybridized carbons (Fsp3) is 0.235. The Morgan fingerprint density at radius 3 is 2.88 bits per heavy atom. The third-order valence-electron chi connectivity index (χ3n) is 3.91. The van der Waals surface area contributed by atoms with Crippen molar-refractivity contribution in [2.75, 3.05) is 11.5 Å². The monoisotopic (exact) mass is 404 g/mol. The Labute approximate surface area is 161 Å². The van der Waals surface area contributed by atoms with Crippen LogP contribution in [0.2, 0.25) is 0 Å². The fourth-order valence-corrected chi connectivity index (χ4v) is 6.04. The normalized spacial score (nSPS) is 12.7. The summed E-state index contributed by atoms with van der Waals surface area (Å²) in [4.78, 5) is 14.1. The van der Waals surface area contributed by atoms with Gasteiger partial charge >= 0.3 is 0 Å². The molecule has 4 aromatic rings. The molecular formula is C17H16N4O2S3. The van der Waals surface area contributed by atoms with Gasteiger partial charge in [-0.25, -0.2) is 15.0 Å². The number of unbranched alkanes of at least 4 members (excludes halogenated alkanes) is 1. The molecule has 0 aromatic carbocycles. The molecule has 4 rings (SSSR count). The van der Waals surface area contributed by atoms with Crippen LogP contribution in [0.15, 0.2) is 38.9 Å². The second kappa shape index (κ2) is 7.36. The van der Waals surface area contributed by atoms with E-state index >= 15 is 0 Å². The number of rotatable bonds is 6. The molecule has 0 aliphatic heterocycles. The van der Waals surface area contributed by atoms with Crippen LogP contribution in [0, 0.1) is 0 Å². The van der Waals surface area contributed by atoms with Crippen molar-refractivity contribution in [3.05, 3.63) is 30.3 Å². The van der Waals surface area contributed by atoms with Crippen LogP contribution < -0.4 is 5.73 Å². The highest BCUT2D eigenvalue weighted by Crippen LogP contribution is 2.43. The average Bonchev–Trinajstić information content (AvgIpc) is 3.40. The Hall–Kier alpha value is -1.94. The molecular weight excluding hydrogens is 388 g/mol. The predicted octanol–water partition coefficient (Wildman–Crippen LogP) is 4.56. The maximum Gasteiger partial charge on any atom is 0.232 e. The highest BCUT2D eigenvalue weighted by atomic mass is 32.2. The number of hydrogen-bond donors (Lipinski definition) is 1. The minimum absolute atomic E-state index is 0.524. The van der Waals surface area contributed by atoms with Gasteiger partial charge in [0, 0.05) is 22.5 Å². The Kier molecular flexibility index (Phi) is 4.94. The van der Waals surface area contributed by atoms with Crippen LogP contribution in [-0.2, 0) is 11.2 Å². The standard InChI is InChI=1S/C17H16N4O2S3/c1-2-3-6-26(22)17-14(18)13-10(12-8-23-9-20-12)7-11(21-16(13)25-17)15-19-4-5-24-15/h4-5,7-9H,2-3,6,18H2,1H3. The predicted molar refractivity (Wildman–Crippen MR) is 107 cm³/mol. The Morgan fingerprint density at radius 1 is 1.31 bits per heavy atom. The molecule has 0 saturated heterocycles. The van der Waals surface area contributed by atoms with Crippen molar-refractivity contribution >= 4 is 49.8 Å². The molecule has 0 bridgehead atoms. The molecule has 6 nitrogen and oxygen atoms in total. The van der Waals surface area contributed by atoms with Crippen molar-refractivity contribution in [2.45, 2.75) is 24.0 Å². The van der Waals surface area contributed by atoms with Crippen molar-refractivity contribution in [2.24, 2.45) is 0 Å². The van der Waals surface area contributed by atoms with Crippen LogP contribution in [0.25, 0.3) is 32.2 Å². The van der Waals surface area contributed by atoms with Gasteiger partial charge in [-0.2, -0.15) is 0 Å². The quantitative estimate of drug-likeness (QED) is 0.473. The van der Waals surface area contributed by atoms with E-state index in [1.807, 2.05) is 11.4 Å². The van der Waals surface area contributed by atoms with Crippen LogP contribution >= 0.6 is 22.7 Å². The number of oxazole rings is 1. The topological polar surface area (TPSA) is 101 Å². The van der Waals surface area contributed by atoms with Crippen molar-refractivity contribution < 1.29 is 8.97 Å². The van der Waals surface area contributed by atoms with Gasteiger partial charge in [0.05, 0.1) is 0 Å². The number of fused-ring (bicyclic) bond motifs is 1. The van der Waals surface area contributed by atoms with Crippen LogP contribution in [0.3, 0.4) is 0 Å². The lowest BCUT2D eigenvalue weighted by Crippen LogP contribution is -2.06. The summed E-state index contributed by atoms with van der Waals surface area (Å²) >= 11 is 1.77. The number of anilines is 1. The second-order valence-corrected chi connectivity index (χ2v) is 9.31. The van der Waals surface area contributed by atoms with Crippen molar-refractivity contribution in [3.8, 4) is 22.0 Å². The van der Waals surface area contributed by atoms with E-state index in [1.165, 1.54) is 29.1 Å². The smallest absolute Gasteiger partial charge is 0.232 e.